The van der Waals surface area contributed by atoms with Crippen LogP contribution in [0.5, 0.6) is 0 Å². The molecule has 1 N–H and O–H groups in total. The van der Waals surface area contributed by atoms with E-state index in [1.165, 1.54) is 6.92 Å². The van der Waals surface area contributed by atoms with Crippen LogP contribution in [0.15, 0.2) is 54.6 Å². The maximum Gasteiger partial charge on any atom is 0.226 e. The van der Waals surface area contributed by atoms with Crippen molar-refractivity contribution >= 4 is 28.9 Å². The van der Waals surface area contributed by atoms with Gasteiger partial charge in [0.25, 0.3) is 0 Å². The molecule has 0 radical (unpaired) electrons. The van der Waals surface area contributed by atoms with Crippen LogP contribution in [0, 0.1) is 0 Å². The van der Waals surface area contributed by atoms with Crippen LogP contribution in [0.2, 0.25) is 0 Å². The smallest absolute Gasteiger partial charge is 0.226 e. The molecule has 0 unspecified atom stereocenters. The summed E-state index contributed by atoms with van der Waals surface area (Å²) in [6.45, 7) is 7.99. The number of amides is 2. The molecule has 0 fully saturated rings. The van der Waals surface area contributed by atoms with Crippen LogP contribution >= 0.6 is 0 Å². The number of anilines is 3. The average Bonchev–Trinajstić information content (AvgIpc) is 2.65. The summed E-state index contributed by atoms with van der Waals surface area (Å²) in [6.07, 6.45) is 0.242. The Morgan fingerprint density at radius 1 is 0.885 bits per heavy atom. The van der Waals surface area contributed by atoms with E-state index in [0.717, 1.165) is 30.2 Å². The zero-order valence-electron chi connectivity index (χ0n) is 15.7. The van der Waals surface area contributed by atoms with Crippen molar-refractivity contribution in [3.8, 4) is 0 Å². The number of benzene rings is 2. The third-order valence-corrected chi connectivity index (χ3v) is 4.29. The van der Waals surface area contributed by atoms with Crippen molar-refractivity contribution in [1.82, 2.24) is 0 Å². The maximum atomic E-state index is 12.2. The third kappa shape index (κ3) is 5.34. The van der Waals surface area contributed by atoms with Crippen molar-refractivity contribution in [3.63, 3.8) is 0 Å². The third-order valence-electron chi connectivity index (χ3n) is 4.29. The maximum absolute atomic E-state index is 12.2. The van der Waals surface area contributed by atoms with E-state index in [1.54, 1.807) is 4.90 Å². The highest BCUT2D eigenvalue weighted by atomic mass is 16.2. The van der Waals surface area contributed by atoms with Crippen molar-refractivity contribution in [2.45, 2.75) is 27.2 Å². The van der Waals surface area contributed by atoms with Crippen LogP contribution in [0.1, 0.15) is 27.2 Å². The highest BCUT2D eigenvalue weighted by molar-refractivity contribution is 5.94. The normalized spacial score (nSPS) is 10.3. The van der Waals surface area contributed by atoms with Gasteiger partial charge in [0.2, 0.25) is 11.8 Å². The molecule has 0 saturated carbocycles. The van der Waals surface area contributed by atoms with E-state index in [1.807, 2.05) is 54.6 Å². The minimum absolute atomic E-state index is 0.0763. The number of hydrogen-bond donors (Lipinski definition) is 1. The lowest BCUT2D eigenvalue weighted by atomic mass is 10.2. The zero-order valence-corrected chi connectivity index (χ0v) is 15.7. The van der Waals surface area contributed by atoms with Crippen LogP contribution < -0.4 is 15.1 Å². The summed E-state index contributed by atoms with van der Waals surface area (Å²) in [5, 5.41) is 2.89. The van der Waals surface area contributed by atoms with Gasteiger partial charge in [0.1, 0.15) is 0 Å². The average molecular weight is 353 g/mol. The minimum atomic E-state index is -0.109. The molecule has 0 aliphatic carbocycles. The summed E-state index contributed by atoms with van der Waals surface area (Å²) >= 11 is 0. The molecule has 2 aromatic carbocycles. The molecule has 2 aromatic rings. The first-order valence-corrected chi connectivity index (χ1v) is 9.03. The highest BCUT2D eigenvalue weighted by Gasteiger charge is 2.13. The molecule has 0 saturated heterocycles. The number of hydrogen-bond acceptors (Lipinski definition) is 3. The standard InChI is InChI=1S/C21H27N3O2/c1-4-23(5-2)19-13-11-18(12-14-19)22-21(26)15-16-24(17(3)25)20-9-7-6-8-10-20/h6-14H,4-5,15-16H2,1-3H3,(H,22,26). The first kappa shape index (κ1) is 19.5. The van der Waals surface area contributed by atoms with Gasteiger partial charge in [-0.25, -0.2) is 0 Å². The van der Waals surface area contributed by atoms with Crippen molar-refractivity contribution in [1.29, 1.82) is 0 Å². The van der Waals surface area contributed by atoms with Gasteiger partial charge < -0.3 is 15.1 Å². The zero-order chi connectivity index (χ0) is 18.9. The Hall–Kier alpha value is -2.82. The van der Waals surface area contributed by atoms with E-state index >= 15 is 0 Å². The number of nitrogens with one attached hydrogen (secondary N) is 1. The summed E-state index contributed by atoms with van der Waals surface area (Å²) in [7, 11) is 0. The fraction of sp³-hybridized carbons (Fsp3) is 0.333. The molecule has 138 valence electrons. The van der Waals surface area contributed by atoms with E-state index in [4.69, 9.17) is 0 Å². The number of carbonyl (C=O) groups is 2. The van der Waals surface area contributed by atoms with Gasteiger partial charge in [-0.05, 0) is 50.2 Å². The van der Waals surface area contributed by atoms with Crippen LogP contribution in [-0.4, -0.2) is 31.4 Å². The second-order valence-corrected chi connectivity index (χ2v) is 6.02. The lowest BCUT2D eigenvalue weighted by molar-refractivity contribution is -0.117. The van der Waals surface area contributed by atoms with Crippen molar-refractivity contribution in [2.75, 3.05) is 34.8 Å². The fourth-order valence-corrected chi connectivity index (χ4v) is 2.86. The van der Waals surface area contributed by atoms with Crippen LogP contribution in [0.4, 0.5) is 17.1 Å². The first-order valence-electron chi connectivity index (χ1n) is 9.03. The molecule has 0 aromatic heterocycles. The topological polar surface area (TPSA) is 52.7 Å². The van der Waals surface area contributed by atoms with E-state index in [-0.39, 0.29) is 18.2 Å². The molecule has 0 aliphatic heterocycles. The summed E-state index contributed by atoms with van der Waals surface area (Å²) in [4.78, 5) is 28.0. The number of carbonyl (C=O) groups excluding carboxylic acids is 2. The van der Waals surface area contributed by atoms with Crippen LogP contribution in [0.25, 0.3) is 0 Å². The summed E-state index contributed by atoms with van der Waals surface area (Å²) in [5.41, 5.74) is 2.70. The van der Waals surface area contributed by atoms with Gasteiger partial charge in [0.05, 0.1) is 0 Å². The van der Waals surface area contributed by atoms with Gasteiger partial charge in [-0.3, -0.25) is 9.59 Å². The Morgan fingerprint density at radius 3 is 2.04 bits per heavy atom. The van der Waals surface area contributed by atoms with Gasteiger partial charge >= 0.3 is 0 Å². The van der Waals surface area contributed by atoms with E-state index in [2.05, 4.69) is 24.1 Å². The molecule has 2 amide bonds. The Labute approximate surface area is 155 Å². The van der Waals surface area contributed by atoms with Crippen molar-refractivity contribution in [3.05, 3.63) is 54.6 Å². The largest absolute Gasteiger partial charge is 0.372 e. The van der Waals surface area contributed by atoms with Crippen LogP contribution in [-0.2, 0) is 9.59 Å². The second kappa shape index (κ2) is 9.61. The summed E-state index contributed by atoms with van der Waals surface area (Å²) in [5.74, 6) is -0.185. The second-order valence-electron chi connectivity index (χ2n) is 6.02. The number of rotatable bonds is 8. The summed E-state index contributed by atoms with van der Waals surface area (Å²) < 4.78 is 0. The van der Waals surface area contributed by atoms with E-state index in [9.17, 15) is 9.59 Å². The minimum Gasteiger partial charge on any atom is -0.372 e. The van der Waals surface area contributed by atoms with Crippen LogP contribution in [0.3, 0.4) is 0 Å². The lowest BCUT2D eigenvalue weighted by Gasteiger charge is -2.22. The molecule has 2 rings (SSSR count). The van der Waals surface area contributed by atoms with Crippen molar-refractivity contribution < 1.29 is 9.59 Å². The SMILES string of the molecule is CCN(CC)c1ccc(NC(=O)CCN(C(C)=O)c2ccccc2)cc1. The molecule has 0 bridgehead atoms. The number of nitrogens with zero attached hydrogens (tertiary/aromatic N) is 2. The molecule has 5 nitrogen and oxygen atoms in total. The molecule has 26 heavy (non-hydrogen) atoms. The Morgan fingerprint density at radius 2 is 1.50 bits per heavy atom. The van der Waals surface area contributed by atoms with Gasteiger partial charge in [-0.1, -0.05) is 18.2 Å². The monoisotopic (exact) mass is 353 g/mol. The first-order chi connectivity index (χ1) is 12.5. The molecule has 0 spiro atoms. The Balaban J connectivity index is 1.92. The summed E-state index contributed by atoms with van der Waals surface area (Å²) in [6, 6.07) is 17.2. The molecule has 0 heterocycles. The molecule has 0 atom stereocenters. The van der Waals surface area contributed by atoms with Gasteiger partial charge in [-0.15, -0.1) is 0 Å². The van der Waals surface area contributed by atoms with E-state index < -0.39 is 0 Å². The van der Waals surface area contributed by atoms with Gasteiger partial charge in [-0.2, -0.15) is 0 Å². The highest BCUT2D eigenvalue weighted by Crippen LogP contribution is 2.18. The van der Waals surface area contributed by atoms with Crippen molar-refractivity contribution in [2.24, 2.45) is 0 Å². The molecule has 0 aliphatic rings. The Kier molecular flexibility index (Phi) is 7.21. The fourth-order valence-electron chi connectivity index (χ4n) is 2.86. The lowest BCUT2D eigenvalue weighted by Crippen LogP contribution is -2.31. The predicted octanol–water partition coefficient (Wildman–Crippen LogP) is 3.91. The van der Waals surface area contributed by atoms with Gasteiger partial charge in [0.15, 0.2) is 0 Å². The molecular weight excluding hydrogens is 326 g/mol. The quantitative estimate of drug-likeness (QED) is 0.783. The van der Waals surface area contributed by atoms with Gasteiger partial charge in [0, 0.05) is 50.0 Å². The Bertz CT molecular complexity index is 710. The molecule has 5 heteroatoms. The number of para-hydroxylation sites is 1. The van der Waals surface area contributed by atoms with E-state index in [0.29, 0.717) is 6.54 Å². The molecular formula is C21H27N3O2. The predicted molar refractivity (Wildman–Crippen MR) is 108 cm³/mol.